The zero-order valence-electron chi connectivity index (χ0n) is 11.2. The molecule has 4 rings (SSSR count). The number of hydrogen-bond donors (Lipinski definition) is 1. The predicted molar refractivity (Wildman–Crippen MR) is 84.7 cm³/mol. The molecule has 0 saturated carbocycles. The Kier molecular flexibility index (Phi) is 3.12. The van der Waals surface area contributed by atoms with E-state index in [4.69, 9.17) is 0 Å². The Labute approximate surface area is 133 Å². The Morgan fingerprint density at radius 2 is 2.24 bits per heavy atom. The molecule has 1 saturated heterocycles. The van der Waals surface area contributed by atoms with E-state index in [1.54, 1.807) is 15.9 Å². The molecule has 108 valence electrons. The zero-order valence-corrected chi connectivity index (χ0v) is 13.6. The van der Waals surface area contributed by atoms with Crippen molar-refractivity contribution in [3.8, 4) is 10.6 Å². The molecule has 1 aliphatic rings. The first-order valence-electron chi connectivity index (χ1n) is 6.51. The van der Waals surface area contributed by atoms with Crippen LogP contribution in [0.25, 0.3) is 16.2 Å². The Morgan fingerprint density at radius 3 is 2.95 bits per heavy atom. The summed E-state index contributed by atoms with van der Waals surface area (Å²) in [5.74, 6) is 0.839. The second kappa shape index (κ2) is 5.00. The van der Waals surface area contributed by atoms with Crippen LogP contribution < -0.4 is 10.2 Å². The number of fused-ring (bicyclic) bond motifs is 1. The molecule has 0 aromatic carbocycles. The minimum atomic E-state index is 0.510. The largest absolute Gasteiger partial charge is 0.350 e. The Balaban J connectivity index is 1.78. The summed E-state index contributed by atoms with van der Waals surface area (Å²) < 4.78 is 2.83. The molecule has 21 heavy (non-hydrogen) atoms. The van der Waals surface area contributed by atoms with Gasteiger partial charge in [0, 0.05) is 19.1 Å². The van der Waals surface area contributed by atoms with Gasteiger partial charge in [0.2, 0.25) is 5.65 Å². The average Bonchev–Trinajstić information content (AvgIpc) is 3.06. The van der Waals surface area contributed by atoms with Crippen molar-refractivity contribution in [3.63, 3.8) is 0 Å². The molecule has 3 aromatic rings. The van der Waals surface area contributed by atoms with Gasteiger partial charge in [0.1, 0.15) is 5.69 Å². The molecule has 1 N–H and O–H groups in total. The first-order valence-corrected chi connectivity index (χ1v) is 8.12. The van der Waals surface area contributed by atoms with E-state index >= 15 is 0 Å². The number of rotatable bonds is 3. The number of anilines is 1. The smallest absolute Gasteiger partial charge is 0.222 e. The van der Waals surface area contributed by atoms with Gasteiger partial charge < -0.3 is 10.2 Å². The third kappa shape index (κ3) is 2.12. The molecule has 1 aliphatic heterocycles. The molecule has 0 bridgehead atoms. The molecule has 7 nitrogen and oxygen atoms in total. The quantitative estimate of drug-likeness (QED) is 0.756. The second-order valence-corrected chi connectivity index (χ2v) is 7.34. The Morgan fingerprint density at radius 1 is 1.38 bits per heavy atom. The lowest BCUT2D eigenvalue weighted by atomic mass is 10.1. The van der Waals surface area contributed by atoms with Crippen LogP contribution in [0, 0.1) is 0 Å². The number of nitrogens with one attached hydrogen (secondary N) is 1. The number of aromatic nitrogens is 5. The van der Waals surface area contributed by atoms with Crippen LogP contribution in [0.2, 0.25) is 0 Å². The fraction of sp³-hybridized carbons (Fsp3) is 0.333. The normalized spacial score (nSPS) is 15.6. The van der Waals surface area contributed by atoms with E-state index in [1.165, 1.54) is 0 Å². The van der Waals surface area contributed by atoms with Gasteiger partial charge in [-0.2, -0.15) is 4.52 Å². The summed E-state index contributed by atoms with van der Waals surface area (Å²) in [6.07, 6.45) is 1.84. The topological polar surface area (TPSA) is 71.2 Å². The predicted octanol–water partition coefficient (Wildman–Crippen LogP) is 1.42. The number of nitrogens with zero attached hydrogens (tertiary/aromatic N) is 6. The zero-order chi connectivity index (χ0) is 14.4. The van der Waals surface area contributed by atoms with Crippen LogP contribution in [0.15, 0.2) is 22.1 Å². The highest BCUT2D eigenvalue weighted by Gasteiger charge is 2.29. The van der Waals surface area contributed by atoms with Crippen LogP contribution in [0.4, 0.5) is 5.82 Å². The van der Waals surface area contributed by atoms with Gasteiger partial charge in [-0.25, -0.2) is 4.98 Å². The molecule has 9 heteroatoms. The summed E-state index contributed by atoms with van der Waals surface area (Å²) >= 11 is 5.11. The van der Waals surface area contributed by atoms with Gasteiger partial charge in [-0.05, 0) is 45.5 Å². The number of halogens is 1. The fourth-order valence-corrected chi connectivity index (χ4v) is 3.78. The molecule has 0 radical (unpaired) electrons. The van der Waals surface area contributed by atoms with Crippen molar-refractivity contribution in [2.24, 2.45) is 0 Å². The molecule has 0 unspecified atom stereocenters. The van der Waals surface area contributed by atoms with Gasteiger partial charge in [-0.1, -0.05) is 0 Å². The molecule has 0 spiro atoms. The van der Waals surface area contributed by atoms with Crippen LogP contribution in [0.5, 0.6) is 0 Å². The maximum atomic E-state index is 4.58. The average molecular weight is 366 g/mol. The van der Waals surface area contributed by atoms with E-state index in [2.05, 4.69) is 46.7 Å². The first-order chi connectivity index (χ1) is 10.3. The summed E-state index contributed by atoms with van der Waals surface area (Å²) in [6.45, 7) is 1.85. The number of tetrazole rings is 1. The number of thiophene rings is 1. The van der Waals surface area contributed by atoms with E-state index in [0.717, 1.165) is 33.3 Å². The number of likely N-dealkylation sites (N-methyl/N-ethyl adjacent to an activating group) is 1. The molecule has 0 aliphatic carbocycles. The third-order valence-corrected chi connectivity index (χ3v) is 5.27. The van der Waals surface area contributed by atoms with E-state index < -0.39 is 0 Å². The van der Waals surface area contributed by atoms with Crippen LogP contribution in [0.3, 0.4) is 0 Å². The minimum Gasteiger partial charge on any atom is -0.350 e. The summed E-state index contributed by atoms with van der Waals surface area (Å²) in [7, 11) is 1.97. The van der Waals surface area contributed by atoms with E-state index in [0.29, 0.717) is 11.7 Å². The Hall–Kier alpha value is -1.58. The van der Waals surface area contributed by atoms with Gasteiger partial charge in [-0.15, -0.1) is 16.4 Å². The summed E-state index contributed by atoms with van der Waals surface area (Å²) in [5.41, 5.74) is 1.60. The minimum absolute atomic E-state index is 0.510. The SMILES string of the molecule is CNC1CN(c2ncc(-c3ccc(Br)s3)n3nnnc23)C1. The van der Waals surface area contributed by atoms with Crippen molar-refractivity contribution in [3.05, 3.63) is 22.1 Å². The lowest BCUT2D eigenvalue weighted by Gasteiger charge is -2.39. The molecule has 0 atom stereocenters. The summed E-state index contributed by atoms with van der Waals surface area (Å²) in [4.78, 5) is 7.84. The molecule has 0 amide bonds. The standard InChI is InChI=1S/C12H12BrN7S/c1-14-7-5-19(6-7)11-12-16-17-18-20(12)8(4-15-11)9-2-3-10(13)21-9/h2-4,7,14H,5-6H2,1H3. The van der Waals surface area contributed by atoms with Crippen molar-refractivity contribution in [1.29, 1.82) is 0 Å². The molecule has 4 heterocycles. The van der Waals surface area contributed by atoms with Gasteiger partial charge in [0.05, 0.1) is 14.9 Å². The third-order valence-electron chi connectivity index (χ3n) is 3.62. The highest BCUT2D eigenvalue weighted by atomic mass is 79.9. The highest BCUT2D eigenvalue weighted by Crippen LogP contribution is 2.32. The van der Waals surface area contributed by atoms with Gasteiger partial charge in [0.15, 0.2) is 5.82 Å². The van der Waals surface area contributed by atoms with Crippen molar-refractivity contribution in [2.45, 2.75) is 6.04 Å². The van der Waals surface area contributed by atoms with Crippen molar-refractivity contribution in [1.82, 2.24) is 30.3 Å². The lowest BCUT2D eigenvalue weighted by molar-refractivity contribution is 0.447. The maximum absolute atomic E-state index is 4.58. The van der Waals surface area contributed by atoms with Gasteiger partial charge in [0.25, 0.3) is 0 Å². The first kappa shape index (κ1) is 13.1. The highest BCUT2D eigenvalue weighted by molar-refractivity contribution is 9.11. The van der Waals surface area contributed by atoms with E-state index in [1.807, 2.05) is 25.4 Å². The van der Waals surface area contributed by atoms with E-state index in [-0.39, 0.29) is 0 Å². The lowest BCUT2D eigenvalue weighted by Crippen LogP contribution is -2.57. The monoisotopic (exact) mass is 365 g/mol. The second-order valence-electron chi connectivity index (χ2n) is 4.88. The van der Waals surface area contributed by atoms with Gasteiger partial charge >= 0.3 is 0 Å². The van der Waals surface area contributed by atoms with Crippen LogP contribution in [-0.4, -0.2) is 51.2 Å². The van der Waals surface area contributed by atoms with Crippen molar-refractivity contribution in [2.75, 3.05) is 25.0 Å². The molecular weight excluding hydrogens is 354 g/mol. The van der Waals surface area contributed by atoms with Gasteiger partial charge in [-0.3, -0.25) is 0 Å². The molecule has 3 aromatic heterocycles. The Bertz CT molecular complexity index is 792. The van der Waals surface area contributed by atoms with E-state index in [9.17, 15) is 0 Å². The maximum Gasteiger partial charge on any atom is 0.222 e. The van der Waals surface area contributed by atoms with Crippen LogP contribution in [0.1, 0.15) is 0 Å². The molecule has 1 fully saturated rings. The van der Waals surface area contributed by atoms with Crippen LogP contribution >= 0.6 is 27.3 Å². The summed E-state index contributed by atoms with van der Waals surface area (Å²) in [5, 5.41) is 15.3. The fourth-order valence-electron chi connectivity index (χ4n) is 2.40. The van der Waals surface area contributed by atoms with Crippen molar-refractivity contribution < 1.29 is 0 Å². The number of hydrogen-bond acceptors (Lipinski definition) is 7. The summed E-state index contributed by atoms with van der Waals surface area (Å²) in [6, 6.07) is 4.56. The van der Waals surface area contributed by atoms with Crippen molar-refractivity contribution >= 4 is 38.7 Å². The van der Waals surface area contributed by atoms with Crippen LogP contribution in [-0.2, 0) is 0 Å². The molecular formula is C12H12BrN7S.